The molecule has 3 rings (SSSR count). The van der Waals surface area contributed by atoms with Crippen molar-refractivity contribution in [2.75, 3.05) is 6.54 Å². The highest BCUT2D eigenvalue weighted by atomic mass is 16.5. The summed E-state index contributed by atoms with van der Waals surface area (Å²) in [4.78, 5) is 10.6. The average molecular weight is 250 g/mol. The number of carboxylic acid groups (broad SMARTS) is 1. The second kappa shape index (κ2) is 4.72. The molecule has 2 aliphatic rings. The van der Waals surface area contributed by atoms with Crippen molar-refractivity contribution >= 4 is 5.97 Å². The van der Waals surface area contributed by atoms with Gasteiger partial charge in [0.2, 0.25) is 0 Å². The first kappa shape index (κ1) is 11.7. The van der Waals surface area contributed by atoms with Crippen LogP contribution in [0.4, 0.5) is 0 Å². The summed E-state index contributed by atoms with van der Waals surface area (Å²) >= 11 is 0. The normalized spacial score (nSPS) is 29.9. The monoisotopic (exact) mass is 250 g/mol. The second-order valence-corrected chi connectivity index (χ2v) is 5.55. The Bertz CT molecular complexity index is 443. The minimum Gasteiger partial charge on any atom is -0.476 e. The molecule has 0 aliphatic heterocycles. The summed E-state index contributed by atoms with van der Waals surface area (Å²) in [7, 11) is 0. The summed E-state index contributed by atoms with van der Waals surface area (Å²) in [5, 5.41) is 15.6. The maximum absolute atomic E-state index is 10.6. The first-order chi connectivity index (χ1) is 8.72. The van der Waals surface area contributed by atoms with Crippen LogP contribution in [0.1, 0.15) is 41.9 Å². The highest BCUT2D eigenvalue weighted by Crippen LogP contribution is 2.47. The number of carboxylic acids is 1. The standard InChI is InChI=1S/C13H18N2O3/c16-13(17)12-5-11(18-15-12)7-14-6-10-4-8-1-2-9(10)3-8/h5,8-10,14H,1-4,6-7H2,(H,16,17). The molecule has 0 spiro atoms. The van der Waals surface area contributed by atoms with Gasteiger partial charge < -0.3 is 14.9 Å². The van der Waals surface area contributed by atoms with Gasteiger partial charge in [-0.2, -0.15) is 0 Å². The largest absolute Gasteiger partial charge is 0.476 e. The summed E-state index contributed by atoms with van der Waals surface area (Å²) in [5.74, 6) is 2.22. The Labute approximate surface area is 106 Å². The topological polar surface area (TPSA) is 75.4 Å². The molecule has 5 nitrogen and oxygen atoms in total. The molecule has 0 saturated heterocycles. The molecule has 2 saturated carbocycles. The molecule has 18 heavy (non-hydrogen) atoms. The van der Waals surface area contributed by atoms with Crippen LogP contribution in [-0.2, 0) is 6.54 Å². The van der Waals surface area contributed by atoms with E-state index in [0.717, 1.165) is 24.3 Å². The summed E-state index contributed by atoms with van der Waals surface area (Å²) in [6, 6.07) is 1.48. The van der Waals surface area contributed by atoms with Crippen molar-refractivity contribution in [1.29, 1.82) is 0 Å². The third-order valence-electron chi connectivity index (χ3n) is 4.37. The van der Waals surface area contributed by atoms with Crippen molar-refractivity contribution in [3.05, 3.63) is 17.5 Å². The molecule has 0 amide bonds. The molecule has 1 aromatic rings. The number of carbonyl (C=O) groups is 1. The van der Waals surface area contributed by atoms with Crippen molar-refractivity contribution in [2.45, 2.75) is 32.2 Å². The lowest BCUT2D eigenvalue weighted by molar-refractivity contribution is 0.0685. The third kappa shape index (κ3) is 2.27. The molecule has 2 N–H and O–H groups in total. The van der Waals surface area contributed by atoms with Crippen LogP contribution in [0.25, 0.3) is 0 Å². The highest BCUT2D eigenvalue weighted by molar-refractivity contribution is 5.85. The molecule has 98 valence electrons. The molecule has 5 heteroatoms. The maximum Gasteiger partial charge on any atom is 0.358 e. The molecule has 3 atom stereocenters. The van der Waals surface area contributed by atoms with Crippen molar-refractivity contribution in [1.82, 2.24) is 10.5 Å². The van der Waals surface area contributed by atoms with E-state index in [1.807, 2.05) is 0 Å². The van der Waals surface area contributed by atoms with Crippen LogP contribution in [0.2, 0.25) is 0 Å². The van der Waals surface area contributed by atoms with E-state index in [2.05, 4.69) is 10.5 Å². The molecule has 3 unspecified atom stereocenters. The Morgan fingerprint density at radius 2 is 2.39 bits per heavy atom. The average Bonchev–Trinajstić information content (AvgIpc) is 3.03. The van der Waals surface area contributed by atoms with E-state index in [1.165, 1.54) is 31.7 Å². The summed E-state index contributed by atoms with van der Waals surface area (Å²) < 4.78 is 4.96. The SMILES string of the molecule is O=C(O)c1cc(CNCC2CC3CCC2C3)on1. The van der Waals surface area contributed by atoms with E-state index in [-0.39, 0.29) is 5.69 Å². The Morgan fingerprint density at radius 3 is 3.00 bits per heavy atom. The van der Waals surface area contributed by atoms with Crippen LogP contribution < -0.4 is 5.32 Å². The van der Waals surface area contributed by atoms with E-state index in [0.29, 0.717) is 12.3 Å². The Balaban J connectivity index is 1.45. The number of nitrogens with zero attached hydrogens (tertiary/aromatic N) is 1. The van der Waals surface area contributed by atoms with Gasteiger partial charge in [-0.05, 0) is 43.6 Å². The fourth-order valence-electron chi connectivity index (χ4n) is 3.50. The Hall–Kier alpha value is -1.36. The number of nitrogens with one attached hydrogen (secondary N) is 1. The predicted octanol–water partition coefficient (Wildman–Crippen LogP) is 1.90. The van der Waals surface area contributed by atoms with Gasteiger partial charge in [-0.1, -0.05) is 11.6 Å². The predicted molar refractivity (Wildman–Crippen MR) is 64.1 cm³/mol. The van der Waals surface area contributed by atoms with Crippen LogP contribution in [0, 0.1) is 17.8 Å². The lowest BCUT2D eigenvalue weighted by Crippen LogP contribution is -2.26. The molecule has 1 heterocycles. The summed E-state index contributed by atoms with van der Waals surface area (Å²) in [6.45, 7) is 1.57. The number of fused-ring (bicyclic) bond motifs is 2. The van der Waals surface area contributed by atoms with Gasteiger partial charge in [-0.25, -0.2) is 4.79 Å². The third-order valence-corrected chi connectivity index (χ3v) is 4.37. The van der Waals surface area contributed by atoms with E-state index in [1.54, 1.807) is 0 Å². The van der Waals surface area contributed by atoms with E-state index < -0.39 is 5.97 Å². The summed E-state index contributed by atoms with van der Waals surface area (Å²) in [5.41, 5.74) is -0.0216. The van der Waals surface area contributed by atoms with Crippen molar-refractivity contribution in [3.8, 4) is 0 Å². The van der Waals surface area contributed by atoms with Gasteiger partial charge in [-0.15, -0.1) is 0 Å². The number of rotatable bonds is 5. The van der Waals surface area contributed by atoms with Crippen LogP contribution in [0.15, 0.2) is 10.6 Å². The Kier molecular flexibility index (Phi) is 3.07. The van der Waals surface area contributed by atoms with Gasteiger partial charge in [0, 0.05) is 6.07 Å². The number of hydrogen-bond donors (Lipinski definition) is 2. The lowest BCUT2D eigenvalue weighted by atomic mass is 9.89. The molecular weight excluding hydrogens is 232 g/mol. The summed E-state index contributed by atoms with van der Waals surface area (Å²) in [6.07, 6.45) is 5.58. The molecule has 1 aromatic heterocycles. The van der Waals surface area contributed by atoms with Crippen molar-refractivity contribution in [3.63, 3.8) is 0 Å². The van der Waals surface area contributed by atoms with Crippen LogP contribution in [0.5, 0.6) is 0 Å². The molecule has 2 fully saturated rings. The maximum atomic E-state index is 10.6. The zero-order valence-corrected chi connectivity index (χ0v) is 10.3. The van der Waals surface area contributed by atoms with Crippen molar-refractivity contribution in [2.24, 2.45) is 17.8 Å². The van der Waals surface area contributed by atoms with Crippen molar-refractivity contribution < 1.29 is 14.4 Å². The zero-order valence-electron chi connectivity index (χ0n) is 10.3. The van der Waals surface area contributed by atoms with E-state index in [4.69, 9.17) is 9.63 Å². The highest BCUT2D eigenvalue weighted by Gasteiger charge is 2.38. The van der Waals surface area contributed by atoms with Crippen LogP contribution in [0.3, 0.4) is 0 Å². The molecule has 2 bridgehead atoms. The van der Waals surface area contributed by atoms with E-state index in [9.17, 15) is 4.79 Å². The fraction of sp³-hybridized carbons (Fsp3) is 0.692. The molecule has 0 aromatic carbocycles. The minimum absolute atomic E-state index is 0.0216. The van der Waals surface area contributed by atoms with Gasteiger partial charge in [0.05, 0.1) is 6.54 Å². The molecule has 2 aliphatic carbocycles. The molecular formula is C13H18N2O3. The second-order valence-electron chi connectivity index (χ2n) is 5.55. The number of aromatic carboxylic acids is 1. The van der Waals surface area contributed by atoms with Gasteiger partial charge in [0.15, 0.2) is 11.5 Å². The smallest absolute Gasteiger partial charge is 0.358 e. The van der Waals surface area contributed by atoms with Gasteiger partial charge in [-0.3, -0.25) is 0 Å². The molecule has 0 radical (unpaired) electrons. The van der Waals surface area contributed by atoms with Gasteiger partial charge in [0.1, 0.15) is 0 Å². The van der Waals surface area contributed by atoms with Gasteiger partial charge in [0.25, 0.3) is 0 Å². The quantitative estimate of drug-likeness (QED) is 0.834. The first-order valence-corrected chi connectivity index (χ1v) is 6.62. The van der Waals surface area contributed by atoms with E-state index >= 15 is 0 Å². The minimum atomic E-state index is -1.04. The Morgan fingerprint density at radius 1 is 1.50 bits per heavy atom. The number of hydrogen-bond acceptors (Lipinski definition) is 4. The van der Waals surface area contributed by atoms with Gasteiger partial charge >= 0.3 is 5.97 Å². The van der Waals surface area contributed by atoms with Crippen LogP contribution in [-0.4, -0.2) is 22.8 Å². The number of aromatic nitrogens is 1. The fourth-order valence-corrected chi connectivity index (χ4v) is 3.50. The lowest BCUT2D eigenvalue weighted by Gasteiger charge is -2.21. The van der Waals surface area contributed by atoms with Crippen LogP contribution >= 0.6 is 0 Å². The zero-order chi connectivity index (χ0) is 12.5. The first-order valence-electron chi connectivity index (χ1n) is 6.62.